The number of hydrogen-bond acceptors (Lipinski definition) is 6. The van der Waals surface area contributed by atoms with Crippen LogP contribution < -0.4 is 9.47 Å². The lowest BCUT2D eigenvalue weighted by molar-refractivity contribution is -0.121. The second-order valence-corrected chi connectivity index (χ2v) is 7.80. The highest BCUT2D eigenvalue weighted by atomic mass is 32.2. The standard InChI is InChI=1S/C22H20N2O3S2/c1-3-24-21(25)20(29-22(24)28)12-15-9-10-18(19(11-15)26-4-2)27-14-17-8-6-5-7-16(17)13-23/h5-12H,3-4,14H2,1-2H3/b20-12+. The highest BCUT2D eigenvalue weighted by Crippen LogP contribution is 2.35. The molecule has 0 bridgehead atoms. The van der Waals surface area contributed by atoms with Gasteiger partial charge in [-0.3, -0.25) is 9.69 Å². The summed E-state index contributed by atoms with van der Waals surface area (Å²) in [7, 11) is 0. The van der Waals surface area contributed by atoms with Crippen molar-refractivity contribution in [3.63, 3.8) is 0 Å². The average molecular weight is 425 g/mol. The second kappa shape index (κ2) is 9.59. The monoisotopic (exact) mass is 424 g/mol. The van der Waals surface area contributed by atoms with Gasteiger partial charge in [-0.1, -0.05) is 48.2 Å². The van der Waals surface area contributed by atoms with Crippen molar-refractivity contribution in [1.29, 1.82) is 5.26 Å². The minimum atomic E-state index is -0.0751. The molecule has 2 aromatic rings. The van der Waals surface area contributed by atoms with Crippen LogP contribution in [0, 0.1) is 11.3 Å². The van der Waals surface area contributed by atoms with E-state index in [4.69, 9.17) is 21.7 Å². The molecule has 1 aliphatic rings. The van der Waals surface area contributed by atoms with E-state index in [1.807, 2.05) is 56.3 Å². The second-order valence-electron chi connectivity index (χ2n) is 6.12. The number of thiocarbonyl (C=S) groups is 1. The summed E-state index contributed by atoms with van der Waals surface area (Å²) in [5.74, 6) is 1.09. The number of nitriles is 1. The van der Waals surface area contributed by atoms with Gasteiger partial charge in [0.2, 0.25) is 0 Å². The number of benzene rings is 2. The molecule has 0 N–H and O–H groups in total. The molecule has 5 nitrogen and oxygen atoms in total. The fourth-order valence-electron chi connectivity index (χ4n) is 2.84. The summed E-state index contributed by atoms with van der Waals surface area (Å²) in [6, 6.07) is 15.0. The topological polar surface area (TPSA) is 62.6 Å². The number of nitrogens with zero attached hydrogens (tertiary/aromatic N) is 2. The van der Waals surface area contributed by atoms with Gasteiger partial charge < -0.3 is 9.47 Å². The molecular weight excluding hydrogens is 404 g/mol. The van der Waals surface area contributed by atoms with Gasteiger partial charge in [0, 0.05) is 12.1 Å². The average Bonchev–Trinajstić information content (AvgIpc) is 3.00. The fraction of sp³-hybridized carbons (Fsp3) is 0.227. The molecule has 7 heteroatoms. The highest BCUT2D eigenvalue weighted by Gasteiger charge is 2.30. The predicted octanol–water partition coefficient (Wildman–Crippen LogP) is 4.76. The Balaban J connectivity index is 1.82. The molecule has 2 aromatic carbocycles. The normalized spacial score (nSPS) is 14.9. The molecular formula is C22H20N2O3S2. The van der Waals surface area contributed by atoms with E-state index >= 15 is 0 Å². The zero-order valence-corrected chi connectivity index (χ0v) is 17.8. The number of ether oxygens (including phenoxy) is 2. The predicted molar refractivity (Wildman–Crippen MR) is 119 cm³/mol. The maximum Gasteiger partial charge on any atom is 0.266 e. The third-order valence-corrected chi connectivity index (χ3v) is 5.65. The minimum Gasteiger partial charge on any atom is -0.490 e. The Morgan fingerprint density at radius 1 is 1.17 bits per heavy atom. The van der Waals surface area contributed by atoms with E-state index in [0.29, 0.717) is 39.4 Å². The van der Waals surface area contributed by atoms with Gasteiger partial charge in [0.15, 0.2) is 11.5 Å². The lowest BCUT2D eigenvalue weighted by atomic mass is 10.1. The molecule has 1 heterocycles. The number of carbonyl (C=O) groups excluding carboxylic acids is 1. The van der Waals surface area contributed by atoms with Crippen molar-refractivity contribution in [3.05, 3.63) is 64.1 Å². The van der Waals surface area contributed by atoms with Crippen LogP contribution >= 0.6 is 24.0 Å². The molecule has 0 unspecified atom stereocenters. The van der Waals surface area contributed by atoms with Gasteiger partial charge in [-0.15, -0.1) is 0 Å². The summed E-state index contributed by atoms with van der Waals surface area (Å²) in [6.07, 6.45) is 1.81. The molecule has 0 aliphatic carbocycles. The first-order valence-corrected chi connectivity index (χ1v) is 10.4. The first-order valence-electron chi connectivity index (χ1n) is 9.20. The number of carbonyl (C=O) groups is 1. The summed E-state index contributed by atoms with van der Waals surface area (Å²) in [6.45, 7) is 5.10. The Bertz CT molecular complexity index is 1010. The summed E-state index contributed by atoms with van der Waals surface area (Å²) < 4.78 is 12.2. The van der Waals surface area contributed by atoms with Crippen LogP contribution in [0.15, 0.2) is 47.4 Å². The molecule has 0 aromatic heterocycles. The first-order chi connectivity index (χ1) is 14.1. The summed E-state index contributed by atoms with van der Waals surface area (Å²) in [5.41, 5.74) is 2.22. The van der Waals surface area contributed by atoms with Crippen LogP contribution in [-0.2, 0) is 11.4 Å². The number of amides is 1. The number of thioether (sulfide) groups is 1. The molecule has 1 saturated heterocycles. The maximum absolute atomic E-state index is 12.4. The largest absolute Gasteiger partial charge is 0.490 e. The molecule has 29 heavy (non-hydrogen) atoms. The van der Waals surface area contributed by atoms with Crippen molar-refractivity contribution in [3.8, 4) is 17.6 Å². The van der Waals surface area contributed by atoms with Crippen molar-refractivity contribution < 1.29 is 14.3 Å². The smallest absolute Gasteiger partial charge is 0.266 e. The van der Waals surface area contributed by atoms with Gasteiger partial charge in [-0.2, -0.15) is 5.26 Å². The van der Waals surface area contributed by atoms with E-state index in [9.17, 15) is 10.1 Å². The van der Waals surface area contributed by atoms with Crippen LogP contribution in [0.1, 0.15) is 30.5 Å². The lowest BCUT2D eigenvalue weighted by Gasteiger charge is -2.13. The summed E-state index contributed by atoms with van der Waals surface area (Å²) >= 11 is 6.56. The molecule has 0 atom stereocenters. The van der Waals surface area contributed by atoms with E-state index in [-0.39, 0.29) is 12.5 Å². The number of likely N-dealkylation sites (N-methyl/N-ethyl adjacent to an activating group) is 1. The van der Waals surface area contributed by atoms with Crippen molar-refractivity contribution in [1.82, 2.24) is 4.90 Å². The first kappa shape index (κ1) is 20.9. The van der Waals surface area contributed by atoms with Crippen molar-refractivity contribution in [2.24, 2.45) is 0 Å². The van der Waals surface area contributed by atoms with Crippen LogP contribution in [0.25, 0.3) is 6.08 Å². The Kier molecular flexibility index (Phi) is 6.91. The van der Waals surface area contributed by atoms with Gasteiger partial charge in [-0.25, -0.2) is 0 Å². The highest BCUT2D eigenvalue weighted by molar-refractivity contribution is 8.26. The maximum atomic E-state index is 12.4. The SMILES string of the molecule is CCOc1cc(/C=C2/SC(=S)N(CC)C2=O)ccc1OCc1ccccc1C#N. The molecule has 0 spiro atoms. The Hall–Kier alpha value is -2.82. The Labute approximate surface area is 179 Å². The zero-order chi connectivity index (χ0) is 20.8. The van der Waals surface area contributed by atoms with Crippen LogP contribution in [0.2, 0.25) is 0 Å². The van der Waals surface area contributed by atoms with Gasteiger partial charge in [0.25, 0.3) is 5.91 Å². The van der Waals surface area contributed by atoms with Gasteiger partial charge in [0.1, 0.15) is 10.9 Å². The fourth-order valence-corrected chi connectivity index (χ4v) is 4.22. The minimum absolute atomic E-state index is 0.0751. The molecule has 148 valence electrons. The molecule has 0 saturated carbocycles. The van der Waals surface area contributed by atoms with Crippen LogP contribution in [0.4, 0.5) is 0 Å². The van der Waals surface area contributed by atoms with Crippen LogP contribution in [-0.4, -0.2) is 28.3 Å². The molecule has 1 fully saturated rings. The zero-order valence-electron chi connectivity index (χ0n) is 16.2. The van der Waals surface area contributed by atoms with E-state index in [1.165, 1.54) is 11.8 Å². The molecule has 1 aliphatic heterocycles. The van der Waals surface area contributed by atoms with E-state index in [1.54, 1.807) is 11.0 Å². The summed E-state index contributed by atoms with van der Waals surface area (Å²) in [4.78, 5) is 14.6. The van der Waals surface area contributed by atoms with Gasteiger partial charge in [-0.05, 0) is 43.7 Å². The molecule has 1 amide bonds. The number of hydrogen-bond donors (Lipinski definition) is 0. The third-order valence-electron chi connectivity index (χ3n) is 4.28. The van der Waals surface area contributed by atoms with E-state index < -0.39 is 0 Å². The third kappa shape index (κ3) is 4.78. The lowest BCUT2D eigenvalue weighted by Crippen LogP contribution is -2.27. The Morgan fingerprint density at radius 2 is 1.97 bits per heavy atom. The van der Waals surface area contributed by atoms with Gasteiger partial charge >= 0.3 is 0 Å². The van der Waals surface area contributed by atoms with Crippen molar-refractivity contribution in [2.45, 2.75) is 20.5 Å². The van der Waals surface area contributed by atoms with Crippen LogP contribution in [0.3, 0.4) is 0 Å². The number of rotatable bonds is 7. The quantitative estimate of drug-likeness (QED) is 0.472. The van der Waals surface area contributed by atoms with Crippen LogP contribution in [0.5, 0.6) is 11.5 Å². The van der Waals surface area contributed by atoms with E-state index in [2.05, 4.69) is 6.07 Å². The summed E-state index contributed by atoms with van der Waals surface area (Å²) in [5, 5.41) is 9.22. The molecule has 0 radical (unpaired) electrons. The van der Waals surface area contributed by atoms with Gasteiger partial charge in [0.05, 0.1) is 23.1 Å². The van der Waals surface area contributed by atoms with E-state index in [0.717, 1.165) is 11.1 Å². The molecule has 3 rings (SSSR count). The van der Waals surface area contributed by atoms with Crippen molar-refractivity contribution >= 4 is 40.3 Å². The van der Waals surface area contributed by atoms with Crippen molar-refractivity contribution in [2.75, 3.05) is 13.2 Å². The Morgan fingerprint density at radius 3 is 2.66 bits per heavy atom.